The second-order valence-corrected chi connectivity index (χ2v) is 16.6. The van der Waals surface area contributed by atoms with Crippen molar-refractivity contribution in [3.63, 3.8) is 0 Å². The highest BCUT2D eigenvalue weighted by Gasteiger charge is 2.48. The van der Waals surface area contributed by atoms with Gasteiger partial charge in [0.2, 0.25) is 11.8 Å². The second kappa shape index (κ2) is 21.2. The van der Waals surface area contributed by atoms with Crippen LogP contribution in [0.5, 0.6) is 0 Å². The van der Waals surface area contributed by atoms with Crippen LogP contribution in [-0.2, 0) is 36.8 Å². The minimum atomic E-state index is -0.800. The molecule has 1 aliphatic carbocycles. The highest BCUT2D eigenvalue weighted by molar-refractivity contribution is 5.97. The first kappa shape index (κ1) is 42.8. The Balaban J connectivity index is 1.80. The van der Waals surface area contributed by atoms with Gasteiger partial charge in [-0.3, -0.25) is 24.0 Å². The molecule has 0 unspecified atom stereocenters. The lowest BCUT2D eigenvalue weighted by atomic mass is 9.87. The number of carbonyl (C=O) groups excluding carboxylic acids is 5. The molecule has 0 bridgehead atoms. The molecule has 2 N–H and O–H groups in total. The van der Waals surface area contributed by atoms with Crippen LogP contribution in [0.1, 0.15) is 110 Å². The van der Waals surface area contributed by atoms with Crippen LogP contribution >= 0.6 is 0 Å². The maximum absolute atomic E-state index is 14.2. The fourth-order valence-corrected chi connectivity index (χ4v) is 6.86. The van der Waals surface area contributed by atoms with Crippen LogP contribution in [0, 0.1) is 29.1 Å². The summed E-state index contributed by atoms with van der Waals surface area (Å²) in [6.45, 7) is 11.0. The summed E-state index contributed by atoms with van der Waals surface area (Å²) >= 11 is 0. The summed E-state index contributed by atoms with van der Waals surface area (Å²) in [6.07, 6.45) is 6.24. The van der Waals surface area contributed by atoms with Crippen LogP contribution < -0.4 is 10.6 Å². The Hall–Kier alpha value is -3.65. The Morgan fingerprint density at radius 2 is 1.25 bits per heavy atom. The van der Waals surface area contributed by atoms with Crippen LogP contribution in [0.2, 0.25) is 0 Å². The van der Waals surface area contributed by atoms with Crippen molar-refractivity contribution in [2.24, 2.45) is 29.1 Å². The number of hydrogen-bond acceptors (Lipinski definition) is 6. The molecule has 0 aliphatic heterocycles. The molecule has 52 heavy (non-hydrogen) atoms. The number of nitrogens with zero attached hydrogens (tertiary/aromatic N) is 1. The van der Waals surface area contributed by atoms with Crippen LogP contribution in [0.15, 0.2) is 60.7 Å². The standard InChI is InChI=1S/C44H65N3O5/c1-31(2)26-38(45-42(51)35(22-21-33-16-10-8-11-17-33)29-37(48)20-14-15-25-47(6)7)40(49)30-36(28-34-18-12-9-13-19-34)43(52)46-39(27-32(3)4)41(50)44(5)23-24-44/h8-13,16-19,31-32,35-36,38-39H,14-15,20-30H2,1-7H3,(H,45,51)(H,46,52)/t35-,36-,38+,39+/m1/s1. The van der Waals surface area contributed by atoms with Crippen LogP contribution in [0.3, 0.4) is 0 Å². The first-order valence-electron chi connectivity index (χ1n) is 19.6. The maximum Gasteiger partial charge on any atom is 0.224 e. The van der Waals surface area contributed by atoms with E-state index in [-0.39, 0.29) is 53.8 Å². The average Bonchev–Trinajstić information content (AvgIpc) is 3.85. The Bertz CT molecular complexity index is 1430. The van der Waals surface area contributed by atoms with Gasteiger partial charge in [-0.15, -0.1) is 0 Å². The van der Waals surface area contributed by atoms with E-state index in [0.717, 1.165) is 43.4 Å². The molecular formula is C44H65N3O5. The number of rotatable bonds is 25. The van der Waals surface area contributed by atoms with E-state index < -0.39 is 29.3 Å². The minimum Gasteiger partial charge on any atom is -0.346 e. The smallest absolute Gasteiger partial charge is 0.224 e. The van der Waals surface area contributed by atoms with Gasteiger partial charge < -0.3 is 15.5 Å². The highest BCUT2D eigenvalue weighted by atomic mass is 16.2. The van der Waals surface area contributed by atoms with Gasteiger partial charge in [-0.25, -0.2) is 0 Å². The first-order chi connectivity index (χ1) is 24.7. The topological polar surface area (TPSA) is 113 Å². The molecule has 2 aromatic rings. The summed E-state index contributed by atoms with van der Waals surface area (Å²) in [5.74, 6) is -1.66. The zero-order chi connectivity index (χ0) is 38.3. The van der Waals surface area contributed by atoms with E-state index >= 15 is 0 Å². The van der Waals surface area contributed by atoms with Crippen molar-refractivity contribution in [3.05, 3.63) is 71.8 Å². The molecule has 8 nitrogen and oxygen atoms in total. The largest absolute Gasteiger partial charge is 0.346 e. The van der Waals surface area contributed by atoms with Crippen molar-refractivity contribution in [2.75, 3.05) is 20.6 Å². The summed E-state index contributed by atoms with van der Waals surface area (Å²) in [7, 11) is 4.02. The van der Waals surface area contributed by atoms with E-state index in [4.69, 9.17) is 0 Å². The normalized spacial score (nSPS) is 15.9. The van der Waals surface area contributed by atoms with Crippen molar-refractivity contribution in [3.8, 4) is 0 Å². The highest BCUT2D eigenvalue weighted by Crippen LogP contribution is 2.47. The van der Waals surface area contributed by atoms with E-state index in [0.29, 0.717) is 38.5 Å². The summed E-state index contributed by atoms with van der Waals surface area (Å²) in [4.78, 5) is 71.0. The zero-order valence-electron chi connectivity index (χ0n) is 32.9. The molecule has 1 fully saturated rings. The van der Waals surface area contributed by atoms with Gasteiger partial charge in [0.1, 0.15) is 5.78 Å². The molecule has 1 aliphatic rings. The van der Waals surface area contributed by atoms with E-state index in [1.54, 1.807) is 0 Å². The maximum atomic E-state index is 14.2. The molecule has 1 saturated carbocycles. The predicted molar refractivity (Wildman–Crippen MR) is 209 cm³/mol. The third-order valence-corrected chi connectivity index (χ3v) is 10.3. The number of hydrogen-bond donors (Lipinski definition) is 2. The molecule has 4 atom stereocenters. The Morgan fingerprint density at radius 3 is 1.81 bits per heavy atom. The van der Waals surface area contributed by atoms with Crippen LogP contribution in [-0.4, -0.2) is 66.8 Å². The lowest BCUT2D eigenvalue weighted by molar-refractivity contribution is -0.135. The van der Waals surface area contributed by atoms with Gasteiger partial charge in [-0.1, -0.05) is 95.3 Å². The van der Waals surface area contributed by atoms with Crippen molar-refractivity contribution < 1.29 is 24.0 Å². The van der Waals surface area contributed by atoms with Crippen LogP contribution in [0.25, 0.3) is 0 Å². The van der Waals surface area contributed by atoms with E-state index in [1.165, 1.54) is 0 Å². The van der Waals surface area contributed by atoms with Crippen molar-refractivity contribution >= 4 is 29.2 Å². The van der Waals surface area contributed by atoms with Gasteiger partial charge in [0.25, 0.3) is 0 Å². The molecule has 0 spiro atoms. The van der Waals surface area contributed by atoms with Crippen molar-refractivity contribution in [2.45, 2.75) is 124 Å². The summed E-state index contributed by atoms with van der Waals surface area (Å²) in [5.41, 5.74) is 1.62. The molecule has 0 saturated heterocycles. The summed E-state index contributed by atoms with van der Waals surface area (Å²) < 4.78 is 0. The molecule has 2 amide bonds. The summed E-state index contributed by atoms with van der Waals surface area (Å²) in [6, 6.07) is 18.1. The fraction of sp³-hybridized carbons (Fsp3) is 0.614. The molecule has 0 aromatic heterocycles. The zero-order valence-corrected chi connectivity index (χ0v) is 32.9. The number of unbranched alkanes of at least 4 members (excludes halogenated alkanes) is 1. The number of Topliss-reactive ketones (excluding diaryl/α,β-unsaturated/α-hetero) is 3. The van der Waals surface area contributed by atoms with Gasteiger partial charge in [0, 0.05) is 36.5 Å². The predicted octanol–water partition coefficient (Wildman–Crippen LogP) is 7.18. The SMILES string of the molecule is CC(C)C[C@H](NC(=O)[C@H](CCc1ccccc1)CC(=O)CCCCN(C)C)C(=O)C[C@@H](Cc1ccccc1)C(=O)N[C@@H](CC(C)C)C(=O)C1(C)CC1. The summed E-state index contributed by atoms with van der Waals surface area (Å²) in [5, 5.41) is 6.13. The molecule has 0 heterocycles. The second-order valence-electron chi connectivity index (χ2n) is 16.6. The fourth-order valence-electron chi connectivity index (χ4n) is 6.86. The Kier molecular flexibility index (Phi) is 17.4. The van der Waals surface area contributed by atoms with Crippen LogP contribution in [0.4, 0.5) is 0 Å². The quantitative estimate of drug-likeness (QED) is 0.105. The lowest BCUT2D eigenvalue weighted by Gasteiger charge is -2.27. The molecular weight excluding hydrogens is 651 g/mol. The number of carbonyl (C=O) groups is 5. The average molecular weight is 716 g/mol. The molecule has 3 rings (SSSR count). The third kappa shape index (κ3) is 15.1. The number of ketones is 3. The van der Waals surface area contributed by atoms with Gasteiger partial charge in [-0.2, -0.15) is 0 Å². The van der Waals surface area contributed by atoms with E-state index in [9.17, 15) is 24.0 Å². The van der Waals surface area contributed by atoms with E-state index in [1.807, 2.05) is 109 Å². The van der Waals surface area contributed by atoms with Gasteiger partial charge in [0.15, 0.2) is 11.6 Å². The van der Waals surface area contributed by atoms with Gasteiger partial charge in [0.05, 0.1) is 12.1 Å². The monoisotopic (exact) mass is 715 g/mol. The van der Waals surface area contributed by atoms with Gasteiger partial charge >= 0.3 is 0 Å². The van der Waals surface area contributed by atoms with E-state index in [2.05, 4.69) is 15.5 Å². The minimum absolute atomic E-state index is 0.0591. The molecule has 0 radical (unpaired) electrons. The van der Waals surface area contributed by atoms with Crippen molar-refractivity contribution in [1.29, 1.82) is 0 Å². The number of nitrogens with one attached hydrogen (secondary N) is 2. The molecule has 2 aromatic carbocycles. The van der Waals surface area contributed by atoms with Gasteiger partial charge in [-0.05, 0) is 101 Å². The Labute approximate surface area is 313 Å². The number of benzene rings is 2. The van der Waals surface area contributed by atoms with Crippen molar-refractivity contribution in [1.82, 2.24) is 15.5 Å². The third-order valence-electron chi connectivity index (χ3n) is 10.3. The first-order valence-corrected chi connectivity index (χ1v) is 19.6. The number of amides is 2. The lowest BCUT2D eigenvalue weighted by Crippen LogP contribution is -2.49. The number of aryl methyl sites for hydroxylation is 1. The Morgan fingerprint density at radius 1 is 0.712 bits per heavy atom. The molecule has 286 valence electrons. The molecule has 8 heteroatoms.